The van der Waals surface area contributed by atoms with Gasteiger partial charge in [0.05, 0.1) is 17.3 Å². The predicted octanol–water partition coefficient (Wildman–Crippen LogP) is 2.71. The van der Waals surface area contributed by atoms with E-state index < -0.39 is 0 Å². The van der Waals surface area contributed by atoms with Gasteiger partial charge in [0, 0.05) is 11.6 Å². The Kier molecular flexibility index (Phi) is 4.51. The quantitative estimate of drug-likeness (QED) is 0.681. The molecule has 3 nitrogen and oxygen atoms in total. The second-order valence-electron chi connectivity index (χ2n) is 2.65. The van der Waals surface area contributed by atoms with Crippen LogP contribution < -0.4 is 10.5 Å². The van der Waals surface area contributed by atoms with Gasteiger partial charge in [-0.05, 0) is 12.1 Å². The fourth-order valence-corrected chi connectivity index (χ4v) is 1.85. The Morgan fingerprint density at radius 1 is 1.43 bits per heavy atom. The topological polar surface area (TPSA) is 44.5 Å². The van der Waals surface area contributed by atoms with Crippen LogP contribution in [-0.4, -0.2) is 20.3 Å². The van der Waals surface area contributed by atoms with Gasteiger partial charge < -0.3 is 15.2 Å². The fourth-order valence-electron chi connectivity index (χ4n) is 0.960. The highest BCUT2D eigenvalue weighted by molar-refractivity contribution is 9.10. The van der Waals surface area contributed by atoms with Crippen molar-refractivity contribution in [2.24, 2.45) is 0 Å². The van der Waals surface area contributed by atoms with Gasteiger partial charge in [-0.15, -0.1) is 0 Å². The van der Waals surface area contributed by atoms with Crippen LogP contribution in [-0.2, 0) is 4.74 Å². The predicted molar refractivity (Wildman–Crippen MR) is 60.9 cm³/mol. The van der Waals surface area contributed by atoms with Gasteiger partial charge in [0.25, 0.3) is 0 Å². The highest BCUT2D eigenvalue weighted by atomic mass is 79.9. The molecule has 0 unspecified atom stereocenters. The fraction of sp³-hybridized carbons (Fsp3) is 0.333. The van der Waals surface area contributed by atoms with E-state index in [-0.39, 0.29) is 0 Å². The second-order valence-corrected chi connectivity index (χ2v) is 3.97. The Morgan fingerprint density at radius 3 is 2.71 bits per heavy atom. The van der Waals surface area contributed by atoms with Crippen LogP contribution in [0.15, 0.2) is 16.6 Å². The maximum Gasteiger partial charge on any atom is 0.160 e. The van der Waals surface area contributed by atoms with Gasteiger partial charge in [0.15, 0.2) is 5.75 Å². The average molecular weight is 281 g/mol. The first kappa shape index (κ1) is 11.6. The molecule has 0 heterocycles. The van der Waals surface area contributed by atoms with Crippen LogP contribution >= 0.6 is 27.5 Å². The molecule has 0 saturated heterocycles. The molecule has 0 atom stereocenters. The number of anilines is 1. The van der Waals surface area contributed by atoms with Crippen molar-refractivity contribution in [3.05, 3.63) is 21.6 Å². The number of ether oxygens (including phenoxy) is 2. The van der Waals surface area contributed by atoms with E-state index in [0.717, 1.165) is 4.47 Å². The standard InChI is InChI=1S/C9H11BrClNO2/c1-13-2-3-14-9-7(11)4-6(10)5-8(9)12/h4-5H,2-3,12H2,1H3. The summed E-state index contributed by atoms with van der Waals surface area (Å²) in [7, 11) is 1.61. The molecule has 2 N–H and O–H groups in total. The lowest BCUT2D eigenvalue weighted by Gasteiger charge is -2.10. The van der Waals surface area contributed by atoms with Crippen LogP contribution in [0.4, 0.5) is 5.69 Å². The lowest BCUT2D eigenvalue weighted by atomic mass is 10.3. The maximum atomic E-state index is 5.94. The summed E-state index contributed by atoms with van der Waals surface area (Å²) >= 11 is 9.22. The minimum Gasteiger partial charge on any atom is -0.487 e. The Hall–Kier alpha value is -0.450. The number of methoxy groups -OCH3 is 1. The largest absolute Gasteiger partial charge is 0.487 e. The molecule has 0 fully saturated rings. The molecule has 0 spiro atoms. The zero-order valence-corrected chi connectivity index (χ0v) is 10.1. The van der Waals surface area contributed by atoms with Gasteiger partial charge >= 0.3 is 0 Å². The zero-order valence-electron chi connectivity index (χ0n) is 7.72. The molecule has 14 heavy (non-hydrogen) atoms. The van der Waals surface area contributed by atoms with Gasteiger partial charge in [0.2, 0.25) is 0 Å². The third-order valence-corrected chi connectivity index (χ3v) is 2.31. The van der Waals surface area contributed by atoms with E-state index in [9.17, 15) is 0 Å². The number of benzene rings is 1. The molecule has 0 aromatic heterocycles. The van der Waals surface area contributed by atoms with Crippen molar-refractivity contribution in [2.75, 3.05) is 26.1 Å². The van der Waals surface area contributed by atoms with E-state index in [0.29, 0.717) is 29.7 Å². The number of halogens is 2. The van der Waals surface area contributed by atoms with E-state index in [1.807, 2.05) is 0 Å². The first-order valence-corrected chi connectivity index (χ1v) is 5.18. The molecule has 5 heteroatoms. The molecule has 0 saturated carbocycles. The van der Waals surface area contributed by atoms with Gasteiger partial charge in [-0.25, -0.2) is 0 Å². The molecule has 78 valence electrons. The molecular formula is C9H11BrClNO2. The van der Waals surface area contributed by atoms with Crippen LogP contribution in [0.25, 0.3) is 0 Å². The van der Waals surface area contributed by atoms with Crippen molar-refractivity contribution in [2.45, 2.75) is 0 Å². The van der Waals surface area contributed by atoms with Crippen molar-refractivity contribution >= 4 is 33.2 Å². The number of rotatable bonds is 4. The number of nitrogens with two attached hydrogens (primary N) is 1. The summed E-state index contributed by atoms with van der Waals surface area (Å²) in [6.07, 6.45) is 0. The Bertz CT molecular complexity index is 297. The van der Waals surface area contributed by atoms with Gasteiger partial charge in [-0.2, -0.15) is 0 Å². The summed E-state index contributed by atoms with van der Waals surface area (Å²) < 4.78 is 11.0. The van der Waals surface area contributed by atoms with Crippen LogP contribution in [0.3, 0.4) is 0 Å². The van der Waals surface area contributed by atoms with E-state index >= 15 is 0 Å². The molecule has 0 amide bonds. The van der Waals surface area contributed by atoms with Crippen LogP contribution in [0.5, 0.6) is 5.75 Å². The molecule has 0 aliphatic rings. The van der Waals surface area contributed by atoms with E-state index in [2.05, 4.69) is 15.9 Å². The summed E-state index contributed by atoms with van der Waals surface area (Å²) in [5.74, 6) is 0.506. The summed E-state index contributed by atoms with van der Waals surface area (Å²) in [6.45, 7) is 0.938. The Labute approximate surface area is 96.3 Å². The van der Waals surface area contributed by atoms with Crippen molar-refractivity contribution < 1.29 is 9.47 Å². The van der Waals surface area contributed by atoms with Gasteiger partial charge in [0.1, 0.15) is 6.61 Å². The minimum absolute atomic E-state index is 0.433. The first-order chi connectivity index (χ1) is 6.65. The van der Waals surface area contributed by atoms with Gasteiger partial charge in [-0.1, -0.05) is 27.5 Å². The van der Waals surface area contributed by atoms with Crippen LogP contribution in [0, 0.1) is 0 Å². The molecular weight excluding hydrogens is 269 g/mol. The third kappa shape index (κ3) is 3.04. The number of hydrogen-bond acceptors (Lipinski definition) is 3. The lowest BCUT2D eigenvalue weighted by molar-refractivity contribution is 0.147. The Morgan fingerprint density at radius 2 is 2.14 bits per heavy atom. The van der Waals surface area contributed by atoms with Crippen molar-refractivity contribution in [1.82, 2.24) is 0 Å². The second kappa shape index (κ2) is 5.44. The van der Waals surface area contributed by atoms with E-state index in [4.69, 9.17) is 26.8 Å². The Balaban J connectivity index is 2.75. The monoisotopic (exact) mass is 279 g/mol. The highest BCUT2D eigenvalue weighted by Crippen LogP contribution is 2.34. The molecule has 0 aliphatic heterocycles. The number of hydrogen-bond donors (Lipinski definition) is 1. The summed E-state index contributed by atoms with van der Waals surface area (Å²) in [6, 6.07) is 3.48. The van der Waals surface area contributed by atoms with Crippen molar-refractivity contribution in [3.63, 3.8) is 0 Å². The summed E-state index contributed by atoms with van der Waals surface area (Å²) in [5.41, 5.74) is 6.24. The van der Waals surface area contributed by atoms with Gasteiger partial charge in [-0.3, -0.25) is 0 Å². The maximum absolute atomic E-state index is 5.94. The molecule has 0 radical (unpaired) electrons. The summed E-state index contributed by atoms with van der Waals surface area (Å²) in [4.78, 5) is 0. The summed E-state index contributed by atoms with van der Waals surface area (Å²) in [5, 5.41) is 0.493. The number of nitrogen functional groups attached to an aromatic ring is 1. The molecule has 1 aromatic carbocycles. The molecule has 0 aliphatic carbocycles. The SMILES string of the molecule is COCCOc1c(N)cc(Br)cc1Cl. The lowest BCUT2D eigenvalue weighted by Crippen LogP contribution is -2.06. The van der Waals surface area contributed by atoms with Crippen LogP contribution in [0.2, 0.25) is 5.02 Å². The van der Waals surface area contributed by atoms with E-state index in [1.165, 1.54) is 0 Å². The van der Waals surface area contributed by atoms with Crippen LogP contribution in [0.1, 0.15) is 0 Å². The molecule has 1 rings (SSSR count). The zero-order chi connectivity index (χ0) is 10.6. The van der Waals surface area contributed by atoms with E-state index in [1.54, 1.807) is 19.2 Å². The highest BCUT2D eigenvalue weighted by Gasteiger charge is 2.07. The minimum atomic E-state index is 0.433. The first-order valence-electron chi connectivity index (χ1n) is 4.01. The van der Waals surface area contributed by atoms with Crippen molar-refractivity contribution in [3.8, 4) is 5.75 Å². The average Bonchev–Trinajstić information content (AvgIpc) is 2.09. The molecule has 0 bridgehead atoms. The molecule has 1 aromatic rings. The normalized spacial score (nSPS) is 10.2. The third-order valence-electron chi connectivity index (χ3n) is 1.57. The van der Waals surface area contributed by atoms with Crippen molar-refractivity contribution in [1.29, 1.82) is 0 Å². The smallest absolute Gasteiger partial charge is 0.160 e.